The first-order chi connectivity index (χ1) is 10.1. The normalized spacial score (nSPS) is 10.9. The van der Waals surface area contributed by atoms with Crippen molar-refractivity contribution in [3.63, 3.8) is 0 Å². The number of carboxylic acid groups (broad SMARTS) is 1. The Morgan fingerprint density at radius 3 is 2.76 bits per heavy atom. The van der Waals surface area contributed by atoms with Gasteiger partial charge in [-0.1, -0.05) is 26.8 Å². The van der Waals surface area contributed by atoms with Gasteiger partial charge in [-0.3, -0.25) is 0 Å². The molecule has 0 spiro atoms. The lowest BCUT2D eigenvalue weighted by atomic mass is 10.1. The van der Waals surface area contributed by atoms with Gasteiger partial charge in [0.2, 0.25) is 0 Å². The molecular weight excluding hydrogens is 286 g/mol. The summed E-state index contributed by atoms with van der Waals surface area (Å²) in [5.74, 6) is 0.594. The Kier molecular flexibility index (Phi) is 8.23. The van der Waals surface area contributed by atoms with Gasteiger partial charge in [0.1, 0.15) is 0 Å². The molecule has 1 rings (SSSR count). The maximum Gasteiger partial charge on any atom is 0.338 e. The number of anilines is 1. The summed E-state index contributed by atoms with van der Waals surface area (Å²) in [4.78, 5) is 12.2. The molecule has 0 radical (unpaired) electrons. The van der Waals surface area contributed by atoms with E-state index in [1.165, 1.54) is 0 Å². The van der Waals surface area contributed by atoms with Crippen LogP contribution >= 0.6 is 11.8 Å². The molecule has 21 heavy (non-hydrogen) atoms. The zero-order valence-electron chi connectivity index (χ0n) is 13.0. The van der Waals surface area contributed by atoms with Gasteiger partial charge < -0.3 is 15.2 Å². The molecular formula is C16H25NO3S. The summed E-state index contributed by atoms with van der Waals surface area (Å²) >= 11 is 1.54. The molecule has 0 fully saturated rings. The second kappa shape index (κ2) is 9.68. The third-order valence-electron chi connectivity index (χ3n) is 2.94. The van der Waals surface area contributed by atoms with Gasteiger partial charge in [-0.15, -0.1) is 11.8 Å². The van der Waals surface area contributed by atoms with Crippen LogP contribution in [0.3, 0.4) is 0 Å². The smallest absolute Gasteiger partial charge is 0.338 e. The molecule has 4 nitrogen and oxygen atoms in total. The molecule has 0 aliphatic heterocycles. The highest BCUT2D eigenvalue weighted by atomic mass is 32.2. The zero-order chi connectivity index (χ0) is 15.7. The van der Waals surface area contributed by atoms with E-state index in [4.69, 9.17) is 4.74 Å². The Morgan fingerprint density at radius 1 is 1.38 bits per heavy atom. The van der Waals surface area contributed by atoms with Crippen molar-refractivity contribution in [1.82, 2.24) is 0 Å². The molecule has 118 valence electrons. The van der Waals surface area contributed by atoms with E-state index in [1.54, 1.807) is 17.8 Å². The number of carbonyl (C=O) groups is 1. The highest BCUT2D eigenvalue weighted by molar-refractivity contribution is 7.99. The Morgan fingerprint density at radius 2 is 2.14 bits per heavy atom. The van der Waals surface area contributed by atoms with Crippen molar-refractivity contribution in [3.8, 4) is 0 Å². The molecule has 0 bridgehead atoms. The minimum Gasteiger partial charge on any atom is -0.478 e. The average molecular weight is 311 g/mol. The van der Waals surface area contributed by atoms with Gasteiger partial charge >= 0.3 is 5.97 Å². The van der Waals surface area contributed by atoms with E-state index in [9.17, 15) is 9.90 Å². The van der Waals surface area contributed by atoms with E-state index in [0.717, 1.165) is 23.7 Å². The zero-order valence-corrected chi connectivity index (χ0v) is 13.8. The second-order valence-electron chi connectivity index (χ2n) is 5.14. The molecule has 0 atom stereocenters. The number of nitrogens with one attached hydrogen (secondary N) is 1. The lowest BCUT2D eigenvalue weighted by molar-refractivity contribution is 0.0694. The summed E-state index contributed by atoms with van der Waals surface area (Å²) < 4.78 is 5.53. The summed E-state index contributed by atoms with van der Waals surface area (Å²) in [6.45, 7) is 8.28. The van der Waals surface area contributed by atoms with Gasteiger partial charge in [0.25, 0.3) is 0 Å². The Hall–Kier alpha value is -1.20. The molecule has 0 amide bonds. The van der Waals surface area contributed by atoms with E-state index in [-0.39, 0.29) is 0 Å². The molecule has 5 heteroatoms. The van der Waals surface area contributed by atoms with E-state index >= 15 is 0 Å². The summed E-state index contributed by atoms with van der Waals surface area (Å²) in [6, 6.07) is 5.53. The van der Waals surface area contributed by atoms with Crippen LogP contribution in [-0.2, 0) is 4.74 Å². The maximum absolute atomic E-state index is 11.4. The Balaban J connectivity index is 2.54. The van der Waals surface area contributed by atoms with Crippen molar-refractivity contribution in [2.45, 2.75) is 32.1 Å². The molecule has 0 saturated carbocycles. The van der Waals surface area contributed by atoms with Crippen LogP contribution in [0, 0.1) is 5.92 Å². The van der Waals surface area contributed by atoms with Crippen molar-refractivity contribution < 1.29 is 14.6 Å². The highest BCUT2D eigenvalue weighted by Gasteiger charge is 2.15. The molecule has 0 aromatic heterocycles. The topological polar surface area (TPSA) is 58.6 Å². The van der Waals surface area contributed by atoms with Crippen molar-refractivity contribution in [1.29, 1.82) is 0 Å². The van der Waals surface area contributed by atoms with Crippen LogP contribution in [0.2, 0.25) is 0 Å². The van der Waals surface area contributed by atoms with E-state index < -0.39 is 5.97 Å². The number of thioether (sulfide) groups is 1. The fraction of sp³-hybridized carbons (Fsp3) is 0.562. The Labute approximate surface area is 131 Å². The minimum absolute atomic E-state index is 0.353. The summed E-state index contributed by atoms with van der Waals surface area (Å²) in [6.07, 6.45) is 1.04. The van der Waals surface area contributed by atoms with Crippen molar-refractivity contribution in [3.05, 3.63) is 23.8 Å². The summed E-state index contributed by atoms with van der Waals surface area (Å²) in [5, 5.41) is 12.6. The molecule has 0 heterocycles. The minimum atomic E-state index is -0.894. The molecule has 2 N–H and O–H groups in total. The van der Waals surface area contributed by atoms with Gasteiger partial charge in [0.05, 0.1) is 12.2 Å². The first-order valence-corrected chi connectivity index (χ1v) is 8.35. The monoisotopic (exact) mass is 311 g/mol. The molecule has 1 aromatic rings. The molecule has 0 unspecified atom stereocenters. The number of carboxylic acids is 1. The third kappa shape index (κ3) is 6.40. The van der Waals surface area contributed by atoms with Crippen LogP contribution in [0.15, 0.2) is 23.1 Å². The second-order valence-corrected chi connectivity index (χ2v) is 6.44. The number of rotatable bonds is 10. The summed E-state index contributed by atoms with van der Waals surface area (Å²) in [5.41, 5.74) is 1.01. The first-order valence-electron chi connectivity index (χ1n) is 7.37. The maximum atomic E-state index is 11.4. The molecule has 1 aromatic carbocycles. The largest absolute Gasteiger partial charge is 0.478 e. The van der Waals surface area contributed by atoms with Gasteiger partial charge in [-0.2, -0.15) is 0 Å². The van der Waals surface area contributed by atoms with Gasteiger partial charge in [-0.05, 0) is 30.2 Å². The first kappa shape index (κ1) is 17.9. The van der Waals surface area contributed by atoms with Crippen molar-refractivity contribution >= 4 is 23.4 Å². The predicted octanol–water partition coefficient (Wildman–Crippen LogP) is 3.97. The van der Waals surface area contributed by atoms with Crippen LogP contribution in [0.5, 0.6) is 0 Å². The van der Waals surface area contributed by atoms with Gasteiger partial charge in [0, 0.05) is 23.7 Å². The lowest BCUT2D eigenvalue weighted by Crippen LogP contribution is -2.13. The van der Waals surface area contributed by atoms with Crippen molar-refractivity contribution in [2.75, 3.05) is 30.8 Å². The fourth-order valence-electron chi connectivity index (χ4n) is 1.85. The van der Waals surface area contributed by atoms with Gasteiger partial charge in [-0.25, -0.2) is 4.79 Å². The van der Waals surface area contributed by atoms with E-state index in [2.05, 4.69) is 19.2 Å². The molecule has 0 saturated heterocycles. The lowest BCUT2D eigenvalue weighted by Gasteiger charge is -2.13. The highest BCUT2D eigenvalue weighted by Crippen LogP contribution is 2.28. The van der Waals surface area contributed by atoms with E-state index in [1.807, 2.05) is 19.1 Å². The standard InChI is InChI=1S/C16H25NO3S/c1-4-21-14-7-5-6-13(15(14)16(18)19)17-9-11-20-10-8-12(2)3/h5-7,12,17H,4,8-11H2,1-3H3,(H,18,19). The number of aromatic carboxylic acids is 1. The van der Waals surface area contributed by atoms with Crippen LogP contribution in [-0.4, -0.2) is 36.6 Å². The molecule has 0 aliphatic rings. The van der Waals surface area contributed by atoms with Crippen LogP contribution in [0.1, 0.15) is 37.6 Å². The van der Waals surface area contributed by atoms with Crippen LogP contribution in [0.4, 0.5) is 5.69 Å². The van der Waals surface area contributed by atoms with Gasteiger partial charge in [0.15, 0.2) is 0 Å². The van der Waals surface area contributed by atoms with Crippen LogP contribution < -0.4 is 5.32 Å². The fourth-order valence-corrected chi connectivity index (χ4v) is 2.68. The summed E-state index contributed by atoms with van der Waals surface area (Å²) in [7, 11) is 0. The number of hydrogen-bond acceptors (Lipinski definition) is 4. The third-order valence-corrected chi connectivity index (χ3v) is 3.88. The average Bonchev–Trinajstić information content (AvgIpc) is 2.42. The predicted molar refractivity (Wildman–Crippen MR) is 88.6 cm³/mol. The van der Waals surface area contributed by atoms with E-state index in [0.29, 0.717) is 30.3 Å². The van der Waals surface area contributed by atoms with Crippen LogP contribution in [0.25, 0.3) is 0 Å². The molecule has 0 aliphatic carbocycles. The van der Waals surface area contributed by atoms with Crippen molar-refractivity contribution in [2.24, 2.45) is 5.92 Å². The SMILES string of the molecule is CCSc1cccc(NCCOCCC(C)C)c1C(=O)O. The number of hydrogen-bond donors (Lipinski definition) is 2. The quantitative estimate of drug-likeness (QED) is 0.506. The Bertz CT molecular complexity index is 449. The number of benzene rings is 1. The number of ether oxygens (including phenoxy) is 1.